The average molecular weight is 199 g/mol. The van der Waals surface area contributed by atoms with Gasteiger partial charge in [0.25, 0.3) is 6.47 Å². The van der Waals surface area contributed by atoms with Crippen LogP contribution >= 0.6 is 0 Å². The van der Waals surface area contributed by atoms with Gasteiger partial charge in [-0.05, 0) is 26.8 Å². The van der Waals surface area contributed by atoms with Crippen molar-refractivity contribution in [2.75, 3.05) is 0 Å². The minimum absolute atomic E-state index is 0.318. The SMILES string of the molecule is CC(C)(C)OC=O.NCc1ccn[nH]1. The summed E-state index contributed by atoms with van der Waals surface area (Å²) in [6, 6.07) is 1.85. The Morgan fingerprint density at radius 1 is 1.64 bits per heavy atom. The number of carbonyl (C=O) groups is 1. The fourth-order valence-electron chi connectivity index (χ4n) is 0.543. The maximum Gasteiger partial charge on any atom is 0.293 e. The Morgan fingerprint density at radius 2 is 2.29 bits per heavy atom. The second-order valence-electron chi connectivity index (χ2n) is 3.61. The van der Waals surface area contributed by atoms with Gasteiger partial charge in [-0.2, -0.15) is 5.10 Å². The number of hydrogen-bond acceptors (Lipinski definition) is 4. The third-order valence-electron chi connectivity index (χ3n) is 1.18. The molecule has 0 unspecified atom stereocenters. The molecule has 14 heavy (non-hydrogen) atoms. The molecule has 5 heteroatoms. The zero-order valence-corrected chi connectivity index (χ0v) is 8.78. The van der Waals surface area contributed by atoms with Gasteiger partial charge < -0.3 is 10.5 Å². The molecule has 0 radical (unpaired) electrons. The Kier molecular flexibility index (Phi) is 5.55. The molecule has 1 heterocycles. The summed E-state index contributed by atoms with van der Waals surface area (Å²) < 4.78 is 4.55. The van der Waals surface area contributed by atoms with Gasteiger partial charge in [-0.3, -0.25) is 9.89 Å². The summed E-state index contributed by atoms with van der Waals surface area (Å²) in [6.45, 7) is 6.46. The number of aromatic nitrogens is 2. The van der Waals surface area contributed by atoms with Crippen molar-refractivity contribution in [1.29, 1.82) is 0 Å². The minimum Gasteiger partial charge on any atom is -0.462 e. The Hall–Kier alpha value is -1.36. The molecule has 0 saturated carbocycles. The van der Waals surface area contributed by atoms with Gasteiger partial charge in [0.15, 0.2) is 0 Å². The molecule has 0 aliphatic carbocycles. The van der Waals surface area contributed by atoms with Gasteiger partial charge in [-0.1, -0.05) is 0 Å². The molecule has 0 spiro atoms. The summed E-state index contributed by atoms with van der Waals surface area (Å²) in [5.74, 6) is 0. The van der Waals surface area contributed by atoms with Crippen molar-refractivity contribution in [3.8, 4) is 0 Å². The van der Waals surface area contributed by atoms with E-state index in [1.807, 2.05) is 26.8 Å². The minimum atomic E-state index is -0.318. The first-order chi connectivity index (χ1) is 6.49. The quantitative estimate of drug-likeness (QED) is 0.691. The van der Waals surface area contributed by atoms with Crippen LogP contribution in [0.5, 0.6) is 0 Å². The lowest BCUT2D eigenvalue weighted by molar-refractivity contribution is -0.138. The van der Waals surface area contributed by atoms with E-state index in [4.69, 9.17) is 5.73 Å². The van der Waals surface area contributed by atoms with Crippen LogP contribution in [0.1, 0.15) is 26.5 Å². The van der Waals surface area contributed by atoms with Crippen LogP contribution in [0.2, 0.25) is 0 Å². The molecule has 0 bridgehead atoms. The average Bonchev–Trinajstić information content (AvgIpc) is 2.54. The van der Waals surface area contributed by atoms with E-state index < -0.39 is 0 Å². The molecule has 0 aliphatic rings. The van der Waals surface area contributed by atoms with Gasteiger partial charge in [0, 0.05) is 18.4 Å². The predicted molar refractivity (Wildman–Crippen MR) is 53.4 cm³/mol. The highest BCUT2D eigenvalue weighted by Gasteiger charge is 2.07. The van der Waals surface area contributed by atoms with E-state index in [1.165, 1.54) is 0 Å². The summed E-state index contributed by atoms with van der Waals surface area (Å²) in [5.41, 5.74) is 5.88. The molecule has 0 aromatic carbocycles. The second kappa shape index (κ2) is 6.15. The monoisotopic (exact) mass is 199 g/mol. The molecule has 0 amide bonds. The van der Waals surface area contributed by atoms with Crippen LogP contribution in [0, 0.1) is 0 Å². The van der Waals surface area contributed by atoms with Gasteiger partial charge in [-0.15, -0.1) is 0 Å². The van der Waals surface area contributed by atoms with Crippen molar-refractivity contribution < 1.29 is 9.53 Å². The van der Waals surface area contributed by atoms with Crippen molar-refractivity contribution in [1.82, 2.24) is 10.2 Å². The summed E-state index contributed by atoms with van der Waals surface area (Å²) in [4.78, 5) is 9.60. The molecule has 0 aliphatic heterocycles. The van der Waals surface area contributed by atoms with E-state index in [0.29, 0.717) is 13.0 Å². The molecule has 5 nitrogen and oxygen atoms in total. The number of nitrogens with zero attached hydrogens (tertiary/aromatic N) is 1. The summed E-state index contributed by atoms with van der Waals surface area (Å²) in [7, 11) is 0. The van der Waals surface area contributed by atoms with Gasteiger partial charge in [0.1, 0.15) is 5.60 Å². The molecule has 80 valence electrons. The molecule has 1 aromatic heterocycles. The zero-order valence-electron chi connectivity index (χ0n) is 8.78. The van der Waals surface area contributed by atoms with Gasteiger partial charge in [0.05, 0.1) is 0 Å². The van der Waals surface area contributed by atoms with Crippen molar-refractivity contribution in [2.24, 2.45) is 5.73 Å². The van der Waals surface area contributed by atoms with E-state index >= 15 is 0 Å². The Morgan fingerprint density at radius 3 is 2.43 bits per heavy atom. The molecule has 1 rings (SSSR count). The highest BCUT2D eigenvalue weighted by Crippen LogP contribution is 2.02. The highest BCUT2D eigenvalue weighted by molar-refractivity contribution is 5.37. The van der Waals surface area contributed by atoms with Crippen LogP contribution in [0.3, 0.4) is 0 Å². The highest BCUT2D eigenvalue weighted by atomic mass is 16.5. The third-order valence-corrected chi connectivity index (χ3v) is 1.18. The lowest BCUT2D eigenvalue weighted by Gasteiger charge is -2.14. The number of rotatable bonds is 2. The molecule has 3 N–H and O–H groups in total. The Balaban J connectivity index is 0.000000241. The van der Waals surface area contributed by atoms with Crippen LogP contribution in [0.25, 0.3) is 0 Å². The predicted octanol–water partition coefficient (Wildman–Crippen LogP) is 0.826. The largest absolute Gasteiger partial charge is 0.462 e. The van der Waals surface area contributed by atoms with Gasteiger partial charge in [-0.25, -0.2) is 0 Å². The lowest BCUT2D eigenvalue weighted by Crippen LogP contribution is -2.17. The number of carbonyl (C=O) groups excluding carboxylic acids is 1. The van der Waals surface area contributed by atoms with E-state index in [9.17, 15) is 4.79 Å². The van der Waals surface area contributed by atoms with Gasteiger partial charge >= 0.3 is 0 Å². The molecular formula is C9H17N3O2. The third kappa shape index (κ3) is 7.30. The summed E-state index contributed by atoms with van der Waals surface area (Å²) >= 11 is 0. The maximum absolute atomic E-state index is 9.60. The molecular weight excluding hydrogens is 182 g/mol. The molecule has 0 atom stereocenters. The number of nitrogens with one attached hydrogen (secondary N) is 1. The van der Waals surface area contributed by atoms with Crippen LogP contribution < -0.4 is 5.73 Å². The fourth-order valence-corrected chi connectivity index (χ4v) is 0.543. The van der Waals surface area contributed by atoms with Crippen molar-refractivity contribution in [2.45, 2.75) is 32.9 Å². The van der Waals surface area contributed by atoms with Gasteiger partial charge in [0.2, 0.25) is 0 Å². The van der Waals surface area contributed by atoms with Crippen molar-refractivity contribution in [3.05, 3.63) is 18.0 Å². The van der Waals surface area contributed by atoms with E-state index in [-0.39, 0.29) is 5.60 Å². The van der Waals surface area contributed by atoms with E-state index in [2.05, 4.69) is 14.9 Å². The maximum atomic E-state index is 9.60. The van der Waals surface area contributed by atoms with Crippen molar-refractivity contribution >= 4 is 6.47 Å². The Bertz CT molecular complexity index is 239. The molecule has 0 fully saturated rings. The van der Waals surface area contributed by atoms with E-state index in [0.717, 1.165) is 5.69 Å². The summed E-state index contributed by atoms with van der Waals surface area (Å²) in [5, 5.41) is 6.40. The fraction of sp³-hybridized carbons (Fsp3) is 0.556. The number of ether oxygens (including phenoxy) is 1. The van der Waals surface area contributed by atoms with Crippen LogP contribution in [-0.2, 0) is 16.1 Å². The first kappa shape index (κ1) is 12.6. The topological polar surface area (TPSA) is 81.0 Å². The lowest BCUT2D eigenvalue weighted by atomic mass is 10.2. The zero-order chi connectivity index (χ0) is 11.0. The summed E-state index contributed by atoms with van der Waals surface area (Å²) in [6.07, 6.45) is 1.68. The molecule has 1 aromatic rings. The number of aromatic amines is 1. The normalized spacial score (nSPS) is 10.0. The van der Waals surface area contributed by atoms with Crippen molar-refractivity contribution in [3.63, 3.8) is 0 Å². The molecule has 0 saturated heterocycles. The van der Waals surface area contributed by atoms with E-state index in [1.54, 1.807) is 6.20 Å². The first-order valence-electron chi connectivity index (χ1n) is 4.29. The first-order valence-corrected chi connectivity index (χ1v) is 4.29. The number of nitrogens with two attached hydrogens (primary N) is 1. The van der Waals surface area contributed by atoms with Crippen LogP contribution in [-0.4, -0.2) is 22.3 Å². The number of H-pyrrole nitrogens is 1. The standard InChI is InChI=1S/C5H10O2.C4H7N3/c1-5(2,3)7-4-6;5-3-4-1-2-6-7-4/h4H,1-3H3;1-2H,3,5H2,(H,6,7). The Labute approximate surface area is 83.6 Å². The second-order valence-corrected chi connectivity index (χ2v) is 3.61. The van der Waals surface area contributed by atoms with Crippen LogP contribution in [0.15, 0.2) is 12.3 Å². The van der Waals surface area contributed by atoms with Crippen LogP contribution in [0.4, 0.5) is 0 Å². The number of hydrogen-bond donors (Lipinski definition) is 2. The smallest absolute Gasteiger partial charge is 0.293 e.